The number of piperidine rings is 1. The van der Waals surface area contributed by atoms with Gasteiger partial charge in [-0.15, -0.1) is 0 Å². The number of hydrogen-bond acceptors (Lipinski definition) is 4. The van der Waals surface area contributed by atoms with Crippen LogP contribution in [0, 0.1) is 5.92 Å². The Bertz CT molecular complexity index is 637. The molecule has 2 aromatic heterocycles. The van der Waals surface area contributed by atoms with Gasteiger partial charge >= 0.3 is 0 Å². The SMILES string of the molecule is O=C(NC1CN2CC[C@H]1C2)c1ncc2ncccn12. The van der Waals surface area contributed by atoms with E-state index < -0.39 is 0 Å². The Balaban J connectivity index is 1.57. The smallest absolute Gasteiger partial charge is 0.287 e. The summed E-state index contributed by atoms with van der Waals surface area (Å²) in [4.78, 5) is 23.1. The highest BCUT2D eigenvalue weighted by molar-refractivity contribution is 5.91. The van der Waals surface area contributed by atoms with Crippen molar-refractivity contribution in [1.29, 1.82) is 0 Å². The van der Waals surface area contributed by atoms with E-state index in [1.165, 1.54) is 13.0 Å². The Kier molecular flexibility index (Phi) is 2.32. The van der Waals surface area contributed by atoms with Crippen LogP contribution in [-0.4, -0.2) is 50.9 Å². The molecule has 2 saturated heterocycles. The number of carbonyl (C=O) groups excluding carboxylic acids is 1. The van der Waals surface area contributed by atoms with Crippen LogP contribution in [0.3, 0.4) is 0 Å². The molecule has 3 atom stereocenters. The largest absolute Gasteiger partial charge is 0.345 e. The Morgan fingerprint density at radius 3 is 3.11 bits per heavy atom. The molecule has 2 fully saturated rings. The third kappa shape index (κ3) is 1.71. The minimum atomic E-state index is -0.105. The molecular formula is C13H15N5O. The second-order valence-electron chi connectivity index (χ2n) is 5.32. The highest BCUT2D eigenvalue weighted by Gasteiger charge is 2.39. The highest BCUT2D eigenvalue weighted by Crippen LogP contribution is 2.27. The maximum Gasteiger partial charge on any atom is 0.287 e. The molecule has 6 heteroatoms. The molecule has 0 aliphatic carbocycles. The van der Waals surface area contributed by atoms with E-state index in [1.54, 1.807) is 22.9 Å². The van der Waals surface area contributed by atoms with Gasteiger partial charge in [0.1, 0.15) is 0 Å². The summed E-state index contributed by atoms with van der Waals surface area (Å²) >= 11 is 0. The first-order valence-corrected chi connectivity index (χ1v) is 6.62. The van der Waals surface area contributed by atoms with Crippen molar-refractivity contribution in [3.05, 3.63) is 30.5 Å². The Morgan fingerprint density at radius 1 is 1.37 bits per heavy atom. The van der Waals surface area contributed by atoms with Crippen molar-refractivity contribution in [2.75, 3.05) is 19.6 Å². The van der Waals surface area contributed by atoms with Crippen LogP contribution in [0.4, 0.5) is 0 Å². The third-order valence-electron chi connectivity index (χ3n) is 4.16. The minimum absolute atomic E-state index is 0.105. The first-order valence-electron chi connectivity index (χ1n) is 6.62. The lowest BCUT2D eigenvalue weighted by Gasteiger charge is -2.22. The summed E-state index contributed by atoms with van der Waals surface area (Å²) in [6.45, 7) is 3.26. The molecule has 2 unspecified atom stereocenters. The molecule has 4 heterocycles. The number of hydrogen-bond donors (Lipinski definition) is 1. The van der Waals surface area contributed by atoms with Gasteiger partial charge in [-0.3, -0.25) is 9.20 Å². The van der Waals surface area contributed by atoms with Gasteiger partial charge < -0.3 is 10.2 Å². The summed E-state index contributed by atoms with van der Waals surface area (Å²) in [6, 6.07) is 2.07. The molecule has 1 N–H and O–H groups in total. The number of aromatic nitrogens is 3. The Hall–Kier alpha value is -1.95. The highest BCUT2D eigenvalue weighted by atomic mass is 16.2. The molecule has 0 aromatic carbocycles. The molecule has 0 spiro atoms. The number of fused-ring (bicyclic) bond motifs is 3. The van der Waals surface area contributed by atoms with Gasteiger partial charge in [-0.25, -0.2) is 9.97 Å². The summed E-state index contributed by atoms with van der Waals surface area (Å²) in [7, 11) is 0. The average Bonchev–Trinajstić information content (AvgIpc) is 3.13. The maximum absolute atomic E-state index is 12.3. The molecule has 98 valence electrons. The molecule has 0 radical (unpaired) electrons. The first kappa shape index (κ1) is 10.9. The molecular weight excluding hydrogens is 242 g/mol. The van der Waals surface area contributed by atoms with Crippen molar-refractivity contribution < 1.29 is 4.79 Å². The zero-order valence-electron chi connectivity index (χ0n) is 10.5. The second kappa shape index (κ2) is 4.03. The topological polar surface area (TPSA) is 62.5 Å². The van der Waals surface area contributed by atoms with Crippen LogP contribution in [0.2, 0.25) is 0 Å². The lowest BCUT2D eigenvalue weighted by Crippen LogP contribution is -2.43. The van der Waals surface area contributed by atoms with Crippen LogP contribution < -0.4 is 5.32 Å². The number of imidazole rings is 1. The lowest BCUT2D eigenvalue weighted by atomic mass is 10.00. The number of nitrogens with one attached hydrogen (secondary N) is 1. The summed E-state index contributed by atoms with van der Waals surface area (Å²) in [5.41, 5.74) is 0.698. The second-order valence-corrected chi connectivity index (χ2v) is 5.32. The van der Waals surface area contributed by atoms with Crippen molar-refractivity contribution in [3.63, 3.8) is 0 Å². The Morgan fingerprint density at radius 2 is 2.32 bits per heavy atom. The number of nitrogens with zero attached hydrogens (tertiary/aromatic N) is 4. The van der Waals surface area contributed by atoms with E-state index in [0.29, 0.717) is 17.4 Å². The van der Waals surface area contributed by atoms with Crippen molar-refractivity contribution in [3.8, 4) is 0 Å². The van der Waals surface area contributed by atoms with E-state index in [4.69, 9.17) is 0 Å². The minimum Gasteiger partial charge on any atom is -0.345 e. The predicted molar refractivity (Wildman–Crippen MR) is 68.8 cm³/mol. The molecule has 2 aliphatic rings. The van der Waals surface area contributed by atoms with Crippen LogP contribution in [0.5, 0.6) is 0 Å². The van der Waals surface area contributed by atoms with Crippen LogP contribution in [0.25, 0.3) is 5.65 Å². The number of rotatable bonds is 2. The van der Waals surface area contributed by atoms with Crippen molar-refractivity contribution >= 4 is 11.6 Å². The van der Waals surface area contributed by atoms with Crippen LogP contribution in [0.1, 0.15) is 17.0 Å². The maximum atomic E-state index is 12.3. The molecule has 19 heavy (non-hydrogen) atoms. The molecule has 0 saturated carbocycles. The monoisotopic (exact) mass is 257 g/mol. The summed E-state index contributed by atoms with van der Waals surface area (Å²) in [6.07, 6.45) is 6.32. The van der Waals surface area contributed by atoms with Gasteiger partial charge in [0, 0.05) is 31.5 Å². The van der Waals surface area contributed by atoms with Gasteiger partial charge in [0.25, 0.3) is 5.91 Å². The van der Waals surface area contributed by atoms with Gasteiger partial charge in [-0.05, 0) is 24.9 Å². The molecule has 2 aliphatic heterocycles. The quantitative estimate of drug-likeness (QED) is 0.832. The van der Waals surface area contributed by atoms with E-state index in [-0.39, 0.29) is 11.9 Å². The lowest BCUT2D eigenvalue weighted by molar-refractivity contribution is 0.0913. The first-order chi connectivity index (χ1) is 9.31. The van der Waals surface area contributed by atoms with Gasteiger partial charge in [-0.1, -0.05) is 0 Å². The zero-order valence-corrected chi connectivity index (χ0v) is 10.5. The summed E-state index contributed by atoms with van der Waals surface area (Å²) in [5, 5.41) is 3.11. The van der Waals surface area contributed by atoms with Gasteiger partial charge in [0.15, 0.2) is 5.65 Å². The number of amides is 1. The van der Waals surface area contributed by atoms with Crippen LogP contribution in [-0.2, 0) is 0 Å². The van der Waals surface area contributed by atoms with Crippen LogP contribution in [0.15, 0.2) is 24.7 Å². The van der Waals surface area contributed by atoms with E-state index in [2.05, 4.69) is 20.2 Å². The number of carbonyl (C=O) groups is 1. The van der Waals surface area contributed by atoms with E-state index in [1.807, 2.05) is 6.20 Å². The molecule has 2 bridgehead atoms. The van der Waals surface area contributed by atoms with Crippen molar-refractivity contribution in [2.45, 2.75) is 12.5 Å². The molecule has 2 aromatic rings. The molecule has 1 amide bonds. The fourth-order valence-electron chi connectivity index (χ4n) is 3.19. The van der Waals surface area contributed by atoms with E-state index >= 15 is 0 Å². The van der Waals surface area contributed by atoms with Crippen molar-refractivity contribution in [2.24, 2.45) is 5.92 Å². The summed E-state index contributed by atoms with van der Waals surface area (Å²) in [5.74, 6) is 0.918. The van der Waals surface area contributed by atoms with Crippen LogP contribution >= 0.6 is 0 Å². The normalized spacial score (nSPS) is 28.9. The zero-order chi connectivity index (χ0) is 12.8. The van der Waals surface area contributed by atoms with E-state index in [9.17, 15) is 4.79 Å². The third-order valence-corrected chi connectivity index (χ3v) is 4.16. The average molecular weight is 257 g/mol. The molecule has 6 nitrogen and oxygen atoms in total. The van der Waals surface area contributed by atoms with E-state index in [0.717, 1.165) is 13.1 Å². The van der Waals surface area contributed by atoms with Gasteiger partial charge in [0.2, 0.25) is 5.82 Å². The summed E-state index contributed by atoms with van der Waals surface area (Å²) < 4.78 is 1.73. The van der Waals surface area contributed by atoms with Crippen molar-refractivity contribution in [1.82, 2.24) is 24.6 Å². The standard InChI is InChI=1S/C13H15N5O/c19-13(16-10-8-17-5-2-9(10)7-17)12-15-6-11-14-3-1-4-18(11)12/h1,3-4,6,9-10H,2,5,7-8H2,(H,16,19)/t9-,10?/m0/s1. The fraction of sp³-hybridized carbons (Fsp3) is 0.462. The fourth-order valence-corrected chi connectivity index (χ4v) is 3.19. The Labute approximate surface area is 110 Å². The predicted octanol–water partition coefficient (Wildman–Crippen LogP) is 0.163. The molecule has 4 rings (SSSR count). The van der Waals surface area contributed by atoms with Gasteiger partial charge in [0.05, 0.1) is 6.20 Å². The van der Waals surface area contributed by atoms with Gasteiger partial charge in [-0.2, -0.15) is 0 Å².